The predicted molar refractivity (Wildman–Crippen MR) is 59.3 cm³/mol. The fourth-order valence-electron chi connectivity index (χ4n) is 1.11. The number of hydrogen-bond acceptors (Lipinski definition) is 3. The molecular formula is C10H16N2O2S. The summed E-state index contributed by atoms with van der Waals surface area (Å²) in [5, 5.41) is 7.67. The van der Waals surface area contributed by atoms with Crippen LogP contribution in [0.25, 0.3) is 0 Å². The van der Waals surface area contributed by atoms with Crippen LogP contribution in [-0.2, 0) is 10.0 Å². The van der Waals surface area contributed by atoms with Gasteiger partial charge in [0.25, 0.3) is 0 Å². The molecule has 0 saturated heterocycles. The topological polar surface area (TPSA) is 70.0 Å². The molecule has 0 aliphatic carbocycles. The number of terminal acetylenes is 1. The third-order valence-corrected chi connectivity index (χ3v) is 3.93. The first-order chi connectivity index (χ1) is 7.01. The fourth-order valence-corrected chi connectivity index (χ4v) is 2.56. The first kappa shape index (κ1) is 14.0. The SMILES string of the molecule is C#CCC(CC)NS(=O)(=O)C(C#N)CC. The number of nitrogens with zero attached hydrogens (tertiary/aromatic N) is 1. The molecule has 0 aliphatic heterocycles. The zero-order valence-corrected chi connectivity index (χ0v) is 9.84. The van der Waals surface area contributed by atoms with Crippen molar-refractivity contribution in [3.05, 3.63) is 0 Å². The summed E-state index contributed by atoms with van der Waals surface area (Å²) in [5.41, 5.74) is 0. The lowest BCUT2D eigenvalue weighted by atomic mass is 10.2. The van der Waals surface area contributed by atoms with Crippen LogP contribution < -0.4 is 4.72 Å². The summed E-state index contributed by atoms with van der Waals surface area (Å²) in [6.07, 6.45) is 6.35. The number of nitriles is 1. The Bertz CT molecular complexity index is 362. The maximum Gasteiger partial charge on any atom is 0.228 e. The van der Waals surface area contributed by atoms with E-state index in [1.807, 2.05) is 6.92 Å². The summed E-state index contributed by atoms with van der Waals surface area (Å²) in [6.45, 7) is 3.51. The quantitative estimate of drug-likeness (QED) is 0.690. The molecule has 84 valence electrons. The summed E-state index contributed by atoms with van der Waals surface area (Å²) in [7, 11) is -3.56. The summed E-state index contributed by atoms with van der Waals surface area (Å²) in [6, 6.07) is 1.49. The summed E-state index contributed by atoms with van der Waals surface area (Å²) < 4.78 is 25.7. The minimum absolute atomic E-state index is 0.276. The van der Waals surface area contributed by atoms with E-state index in [9.17, 15) is 8.42 Å². The molecule has 15 heavy (non-hydrogen) atoms. The Morgan fingerprint density at radius 3 is 2.33 bits per heavy atom. The Labute approximate surface area is 91.7 Å². The highest BCUT2D eigenvalue weighted by Gasteiger charge is 2.25. The zero-order valence-electron chi connectivity index (χ0n) is 9.03. The van der Waals surface area contributed by atoms with Crippen molar-refractivity contribution in [3.8, 4) is 18.4 Å². The van der Waals surface area contributed by atoms with Crippen molar-refractivity contribution in [3.63, 3.8) is 0 Å². The lowest BCUT2D eigenvalue weighted by Gasteiger charge is -2.16. The lowest BCUT2D eigenvalue weighted by molar-refractivity contribution is 0.537. The van der Waals surface area contributed by atoms with E-state index >= 15 is 0 Å². The van der Waals surface area contributed by atoms with E-state index in [1.165, 1.54) is 0 Å². The van der Waals surface area contributed by atoms with Crippen LogP contribution in [0.5, 0.6) is 0 Å². The number of rotatable bonds is 6. The van der Waals surface area contributed by atoms with Crippen LogP contribution in [0, 0.1) is 23.7 Å². The average Bonchev–Trinajstić information content (AvgIpc) is 2.18. The van der Waals surface area contributed by atoms with Gasteiger partial charge in [-0.25, -0.2) is 13.1 Å². The minimum atomic E-state index is -3.56. The van der Waals surface area contributed by atoms with Crippen LogP contribution in [0.1, 0.15) is 33.1 Å². The molecule has 0 saturated carbocycles. The van der Waals surface area contributed by atoms with Gasteiger partial charge in [0.15, 0.2) is 5.25 Å². The number of nitrogens with one attached hydrogen (secondary N) is 1. The Kier molecular flexibility index (Phi) is 6.00. The van der Waals surface area contributed by atoms with Crippen LogP contribution in [0.4, 0.5) is 0 Å². The van der Waals surface area contributed by atoms with E-state index in [0.29, 0.717) is 12.8 Å². The van der Waals surface area contributed by atoms with Crippen molar-refractivity contribution in [2.75, 3.05) is 0 Å². The van der Waals surface area contributed by atoms with Gasteiger partial charge in [0.1, 0.15) is 0 Å². The number of hydrogen-bond donors (Lipinski definition) is 1. The molecule has 0 aliphatic rings. The van der Waals surface area contributed by atoms with Crippen LogP contribution in [-0.4, -0.2) is 19.7 Å². The summed E-state index contributed by atoms with van der Waals surface area (Å²) in [5.74, 6) is 2.41. The molecule has 0 fully saturated rings. The molecular weight excluding hydrogens is 212 g/mol. The fraction of sp³-hybridized carbons (Fsp3) is 0.700. The minimum Gasteiger partial charge on any atom is -0.211 e. The van der Waals surface area contributed by atoms with Crippen molar-refractivity contribution >= 4 is 10.0 Å². The molecule has 1 N–H and O–H groups in total. The smallest absolute Gasteiger partial charge is 0.211 e. The van der Waals surface area contributed by atoms with E-state index in [1.54, 1.807) is 13.0 Å². The Morgan fingerprint density at radius 2 is 2.00 bits per heavy atom. The largest absolute Gasteiger partial charge is 0.228 e. The third kappa shape index (κ3) is 4.33. The standard InChI is InChI=1S/C10H16N2O2S/c1-4-7-9(5-2)12-15(13,14)10(6-3)8-11/h1,9-10,12H,5-7H2,2-3H3. The number of sulfonamides is 1. The summed E-state index contributed by atoms with van der Waals surface area (Å²) in [4.78, 5) is 0. The van der Waals surface area contributed by atoms with E-state index in [2.05, 4.69) is 10.6 Å². The van der Waals surface area contributed by atoms with E-state index < -0.39 is 15.3 Å². The molecule has 2 unspecified atom stereocenters. The molecule has 5 heteroatoms. The molecule has 0 radical (unpaired) electrons. The normalized spacial score (nSPS) is 14.9. The molecule has 0 heterocycles. The van der Waals surface area contributed by atoms with Gasteiger partial charge in [-0.1, -0.05) is 13.8 Å². The van der Waals surface area contributed by atoms with E-state index in [0.717, 1.165) is 0 Å². The first-order valence-corrected chi connectivity index (χ1v) is 6.40. The van der Waals surface area contributed by atoms with Crippen LogP contribution in [0.15, 0.2) is 0 Å². The maximum absolute atomic E-state index is 11.6. The van der Waals surface area contributed by atoms with E-state index in [-0.39, 0.29) is 12.5 Å². The van der Waals surface area contributed by atoms with Crippen molar-refractivity contribution in [1.82, 2.24) is 4.72 Å². The van der Waals surface area contributed by atoms with Gasteiger partial charge in [0, 0.05) is 12.5 Å². The van der Waals surface area contributed by atoms with Gasteiger partial charge in [-0.3, -0.25) is 0 Å². The van der Waals surface area contributed by atoms with Gasteiger partial charge in [-0.2, -0.15) is 5.26 Å². The molecule has 4 nitrogen and oxygen atoms in total. The Morgan fingerprint density at radius 1 is 1.40 bits per heavy atom. The van der Waals surface area contributed by atoms with Crippen LogP contribution >= 0.6 is 0 Å². The van der Waals surface area contributed by atoms with Gasteiger partial charge in [-0.15, -0.1) is 12.3 Å². The Balaban J connectivity index is 4.64. The molecule has 2 atom stereocenters. The van der Waals surface area contributed by atoms with Crippen LogP contribution in [0.2, 0.25) is 0 Å². The van der Waals surface area contributed by atoms with Gasteiger partial charge < -0.3 is 0 Å². The maximum atomic E-state index is 11.6. The highest BCUT2D eigenvalue weighted by atomic mass is 32.2. The van der Waals surface area contributed by atoms with Crippen molar-refractivity contribution in [1.29, 1.82) is 5.26 Å². The molecule has 0 spiro atoms. The van der Waals surface area contributed by atoms with Crippen LogP contribution in [0.3, 0.4) is 0 Å². The zero-order chi connectivity index (χ0) is 11.9. The van der Waals surface area contributed by atoms with E-state index in [4.69, 9.17) is 11.7 Å². The Hall–Kier alpha value is -1.04. The third-order valence-electron chi connectivity index (χ3n) is 2.08. The second kappa shape index (κ2) is 6.44. The van der Waals surface area contributed by atoms with Crippen molar-refractivity contribution < 1.29 is 8.42 Å². The van der Waals surface area contributed by atoms with Crippen molar-refractivity contribution in [2.45, 2.75) is 44.4 Å². The van der Waals surface area contributed by atoms with Crippen molar-refractivity contribution in [2.24, 2.45) is 0 Å². The first-order valence-electron chi connectivity index (χ1n) is 4.86. The second-order valence-electron chi connectivity index (χ2n) is 3.20. The average molecular weight is 228 g/mol. The molecule has 0 aromatic rings. The predicted octanol–water partition coefficient (Wildman–Crippen LogP) is 1.01. The summed E-state index contributed by atoms with van der Waals surface area (Å²) >= 11 is 0. The molecule has 0 bridgehead atoms. The highest BCUT2D eigenvalue weighted by Crippen LogP contribution is 2.06. The molecule has 0 rings (SSSR count). The molecule has 0 aromatic heterocycles. The van der Waals surface area contributed by atoms with Gasteiger partial charge in [-0.05, 0) is 12.8 Å². The lowest BCUT2D eigenvalue weighted by Crippen LogP contribution is -2.39. The van der Waals surface area contributed by atoms with Gasteiger partial charge >= 0.3 is 0 Å². The van der Waals surface area contributed by atoms with Gasteiger partial charge in [0.05, 0.1) is 6.07 Å². The van der Waals surface area contributed by atoms with Gasteiger partial charge in [0.2, 0.25) is 10.0 Å². The second-order valence-corrected chi connectivity index (χ2v) is 5.10. The monoisotopic (exact) mass is 228 g/mol. The molecule has 0 amide bonds. The highest BCUT2D eigenvalue weighted by molar-refractivity contribution is 7.90. The molecule has 0 aromatic carbocycles.